The number of nitrogen functional groups attached to an aromatic ring is 1. The predicted octanol–water partition coefficient (Wildman–Crippen LogP) is 4.39. The standard InChI is InChI=1S/C13H10F3NS/c14-11-7-9(3-6-12(11)17)8-1-4-10(5-2-8)18-13(15)16/h1-7,13H,17H2. The van der Waals surface area contributed by atoms with Gasteiger partial charge in [-0.1, -0.05) is 30.0 Å². The first-order chi connectivity index (χ1) is 8.56. The normalized spacial score (nSPS) is 10.9. The van der Waals surface area contributed by atoms with E-state index >= 15 is 0 Å². The van der Waals surface area contributed by atoms with Gasteiger partial charge in [-0.3, -0.25) is 0 Å². The Bertz CT molecular complexity index is 540. The number of thioether (sulfide) groups is 1. The molecule has 0 radical (unpaired) electrons. The molecule has 0 aliphatic carbocycles. The Morgan fingerprint density at radius 2 is 1.56 bits per heavy atom. The molecule has 0 fully saturated rings. The first-order valence-electron chi connectivity index (χ1n) is 5.16. The van der Waals surface area contributed by atoms with Crippen LogP contribution in [0, 0.1) is 5.82 Å². The van der Waals surface area contributed by atoms with Gasteiger partial charge in [0.15, 0.2) is 0 Å². The van der Waals surface area contributed by atoms with Crippen LogP contribution in [0.3, 0.4) is 0 Å². The van der Waals surface area contributed by atoms with Crippen LogP contribution in [0.4, 0.5) is 18.9 Å². The lowest BCUT2D eigenvalue weighted by Gasteiger charge is -2.05. The van der Waals surface area contributed by atoms with Crippen LogP contribution in [-0.2, 0) is 0 Å². The number of alkyl halides is 2. The van der Waals surface area contributed by atoms with Gasteiger partial charge in [0.1, 0.15) is 5.82 Å². The number of nitrogens with two attached hydrogens (primary N) is 1. The van der Waals surface area contributed by atoms with Crippen molar-refractivity contribution < 1.29 is 13.2 Å². The van der Waals surface area contributed by atoms with Crippen molar-refractivity contribution in [1.29, 1.82) is 0 Å². The third kappa shape index (κ3) is 2.98. The molecule has 0 aliphatic rings. The maximum absolute atomic E-state index is 13.3. The molecule has 0 aliphatic heterocycles. The molecule has 0 spiro atoms. The van der Waals surface area contributed by atoms with Crippen LogP contribution in [-0.4, -0.2) is 5.76 Å². The van der Waals surface area contributed by atoms with E-state index in [1.807, 2.05) is 0 Å². The summed E-state index contributed by atoms with van der Waals surface area (Å²) in [6, 6.07) is 11.0. The molecule has 2 aromatic carbocycles. The largest absolute Gasteiger partial charge is 0.396 e. The second kappa shape index (κ2) is 5.35. The average molecular weight is 269 g/mol. The highest BCUT2D eigenvalue weighted by Gasteiger charge is 2.06. The summed E-state index contributed by atoms with van der Waals surface area (Å²) in [4.78, 5) is 0.477. The van der Waals surface area contributed by atoms with Gasteiger partial charge in [-0.25, -0.2) is 4.39 Å². The van der Waals surface area contributed by atoms with Crippen molar-refractivity contribution in [2.24, 2.45) is 0 Å². The molecule has 18 heavy (non-hydrogen) atoms. The van der Waals surface area contributed by atoms with Crippen LogP contribution in [0.1, 0.15) is 0 Å². The average Bonchev–Trinajstić information content (AvgIpc) is 2.33. The number of rotatable bonds is 3. The Labute approximate surface area is 107 Å². The number of hydrogen-bond acceptors (Lipinski definition) is 2. The monoisotopic (exact) mass is 269 g/mol. The van der Waals surface area contributed by atoms with Gasteiger partial charge in [0.2, 0.25) is 0 Å². The minimum atomic E-state index is -2.44. The molecule has 1 nitrogen and oxygen atoms in total. The summed E-state index contributed by atoms with van der Waals surface area (Å²) in [5.41, 5.74) is 6.89. The summed E-state index contributed by atoms with van der Waals surface area (Å²) in [6.45, 7) is 0. The zero-order valence-corrected chi connectivity index (χ0v) is 10.1. The van der Waals surface area contributed by atoms with E-state index in [4.69, 9.17) is 5.73 Å². The van der Waals surface area contributed by atoms with Crippen LogP contribution in [0.15, 0.2) is 47.4 Å². The predicted molar refractivity (Wildman–Crippen MR) is 68.1 cm³/mol. The smallest absolute Gasteiger partial charge is 0.288 e. The lowest BCUT2D eigenvalue weighted by Crippen LogP contribution is -1.90. The molecule has 0 aromatic heterocycles. The highest BCUT2D eigenvalue weighted by molar-refractivity contribution is 7.99. The fourth-order valence-corrected chi connectivity index (χ4v) is 2.03. The number of halogens is 3. The van der Waals surface area contributed by atoms with Gasteiger partial charge in [-0.05, 0) is 35.4 Å². The molecule has 0 saturated carbocycles. The van der Waals surface area contributed by atoms with E-state index in [1.54, 1.807) is 30.3 Å². The lowest BCUT2D eigenvalue weighted by atomic mass is 10.1. The van der Waals surface area contributed by atoms with Gasteiger partial charge in [0.25, 0.3) is 5.76 Å². The van der Waals surface area contributed by atoms with Crippen LogP contribution in [0.2, 0.25) is 0 Å². The molecule has 2 N–H and O–H groups in total. The number of anilines is 1. The Kier molecular flexibility index (Phi) is 3.81. The van der Waals surface area contributed by atoms with Crippen molar-refractivity contribution in [2.45, 2.75) is 10.7 Å². The fourth-order valence-electron chi connectivity index (χ4n) is 1.54. The first-order valence-corrected chi connectivity index (χ1v) is 6.04. The second-order valence-electron chi connectivity index (χ2n) is 3.64. The van der Waals surface area contributed by atoms with Crippen molar-refractivity contribution >= 4 is 17.4 Å². The summed E-state index contributed by atoms with van der Waals surface area (Å²) in [7, 11) is 0. The molecular formula is C13H10F3NS. The van der Waals surface area contributed by atoms with Crippen molar-refractivity contribution in [3.8, 4) is 11.1 Å². The Hall–Kier alpha value is -1.62. The fraction of sp³-hybridized carbons (Fsp3) is 0.0769. The minimum Gasteiger partial charge on any atom is -0.396 e. The van der Waals surface area contributed by atoms with Gasteiger partial charge >= 0.3 is 0 Å². The van der Waals surface area contributed by atoms with Crippen LogP contribution in [0.25, 0.3) is 11.1 Å². The molecule has 0 atom stereocenters. The maximum Gasteiger partial charge on any atom is 0.288 e. The van der Waals surface area contributed by atoms with E-state index in [1.165, 1.54) is 12.1 Å². The number of hydrogen-bond donors (Lipinski definition) is 1. The summed E-state index contributed by atoms with van der Waals surface area (Å²) in [5, 5.41) is 0. The van der Waals surface area contributed by atoms with E-state index in [2.05, 4.69) is 0 Å². The van der Waals surface area contributed by atoms with Crippen molar-refractivity contribution in [1.82, 2.24) is 0 Å². The third-order valence-electron chi connectivity index (χ3n) is 2.41. The molecule has 0 unspecified atom stereocenters. The molecule has 0 saturated heterocycles. The highest BCUT2D eigenvalue weighted by atomic mass is 32.2. The molecule has 2 aromatic rings. The van der Waals surface area contributed by atoms with Gasteiger partial charge in [-0.15, -0.1) is 0 Å². The van der Waals surface area contributed by atoms with Crippen molar-refractivity contribution in [3.05, 3.63) is 48.3 Å². The van der Waals surface area contributed by atoms with Crippen LogP contribution in [0.5, 0.6) is 0 Å². The van der Waals surface area contributed by atoms with Gasteiger partial charge in [0, 0.05) is 4.90 Å². The van der Waals surface area contributed by atoms with Gasteiger partial charge in [0.05, 0.1) is 5.69 Å². The lowest BCUT2D eigenvalue weighted by molar-refractivity contribution is 0.252. The molecule has 2 rings (SSSR count). The molecule has 0 heterocycles. The summed E-state index contributed by atoms with van der Waals surface area (Å²) >= 11 is 0.481. The Balaban J connectivity index is 2.25. The van der Waals surface area contributed by atoms with E-state index in [-0.39, 0.29) is 5.69 Å². The number of benzene rings is 2. The SMILES string of the molecule is Nc1ccc(-c2ccc(SC(F)F)cc2)cc1F. The summed E-state index contributed by atoms with van der Waals surface area (Å²) in [5.74, 6) is -2.93. The third-order valence-corrected chi connectivity index (χ3v) is 3.14. The summed E-state index contributed by atoms with van der Waals surface area (Å²) in [6.07, 6.45) is 0. The molecule has 5 heteroatoms. The van der Waals surface area contributed by atoms with Gasteiger partial charge < -0.3 is 5.73 Å². The summed E-state index contributed by atoms with van der Waals surface area (Å²) < 4.78 is 37.6. The van der Waals surface area contributed by atoms with E-state index < -0.39 is 11.6 Å². The molecular weight excluding hydrogens is 259 g/mol. The zero-order valence-electron chi connectivity index (χ0n) is 9.24. The first kappa shape index (κ1) is 12.8. The van der Waals surface area contributed by atoms with E-state index in [9.17, 15) is 13.2 Å². The molecule has 0 amide bonds. The van der Waals surface area contributed by atoms with Gasteiger partial charge in [-0.2, -0.15) is 8.78 Å². The zero-order chi connectivity index (χ0) is 13.1. The van der Waals surface area contributed by atoms with Crippen molar-refractivity contribution in [2.75, 3.05) is 5.73 Å². The van der Waals surface area contributed by atoms with Crippen LogP contribution < -0.4 is 5.73 Å². The van der Waals surface area contributed by atoms with E-state index in [0.29, 0.717) is 22.2 Å². The Morgan fingerprint density at radius 1 is 0.944 bits per heavy atom. The highest BCUT2D eigenvalue weighted by Crippen LogP contribution is 2.28. The topological polar surface area (TPSA) is 26.0 Å². The maximum atomic E-state index is 13.3. The van der Waals surface area contributed by atoms with E-state index in [0.717, 1.165) is 5.56 Å². The molecule has 94 valence electrons. The Morgan fingerprint density at radius 3 is 2.11 bits per heavy atom. The minimum absolute atomic E-state index is 0.0867. The molecule has 0 bridgehead atoms. The van der Waals surface area contributed by atoms with Crippen LogP contribution >= 0.6 is 11.8 Å². The quantitative estimate of drug-likeness (QED) is 0.660. The second-order valence-corrected chi connectivity index (χ2v) is 4.70. The van der Waals surface area contributed by atoms with Crippen molar-refractivity contribution in [3.63, 3.8) is 0 Å².